The summed E-state index contributed by atoms with van der Waals surface area (Å²) in [6.45, 7) is 2.01. The van der Waals surface area contributed by atoms with Crippen LogP contribution in [0.5, 0.6) is 5.75 Å². The molecule has 2 aromatic rings. The van der Waals surface area contributed by atoms with Gasteiger partial charge in [0, 0.05) is 0 Å². The number of hydrogen-bond acceptors (Lipinski definition) is 6. The van der Waals surface area contributed by atoms with E-state index in [-0.39, 0.29) is 17.9 Å². The molecule has 1 heterocycles. The van der Waals surface area contributed by atoms with Gasteiger partial charge >= 0.3 is 5.97 Å². The molecule has 0 amide bonds. The average molecular weight is 236 g/mol. The summed E-state index contributed by atoms with van der Waals surface area (Å²) in [6.07, 6.45) is -0.0577. The number of fused-ring (bicyclic) bond motifs is 1. The standard InChI is InChI=1S/C11H12N2O4/c1-2-16-9(14)5-7-10-8(17-13-7)4-3-6(12)11(10)15/h3-4,15H,2,5,12H2,1H3. The predicted molar refractivity (Wildman–Crippen MR) is 60.4 cm³/mol. The summed E-state index contributed by atoms with van der Waals surface area (Å²) in [5.74, 6) is -0.549. The number of rotatable bonds is 3. The van der Waals surface area contributed by atoms with E-state index < -0.39 is 5.97 Å². The minimum atomic E-state index is -0.426. The fraction of sp³-hybridized carbons (Fsp3) is 0.273. The van der Waals surface area contributed by atoms with Crippen molar-refractivity contribution in [1.82, 2.24) is 5.16 Å². The number of phenols is 1. The van der Waals surface area contributed by atoms with Crippen molar-refractivity contribution in [3.63, 3.8) is 0 Å². The fourth-order valence-electron chi connectivity index (χ4n) is 1.56. The molecule has 6 nitrogen and oxygen atoms in total. The highest BCUT2D eigenvalue weighted by Gasteiger charge is 2.17. The van der Waals surface area contributed by atoms with Gasteiger partial charge in [-0.3, -0.25) is 4.79 Å². The molecule has 0 saturated carbocycles. The molecule has 0 saturated heterocycles. The Morgan fingerprint density at radius 2 is 2.35 bits per heavy atom. The van der Waals surface area contributed by atoms with E-state index in [4.69, 9.17) is 15.0 Å². The lowest BCUT2D eigenvalue weighted by molar-refractivity contribution is -0.142. The third kappa shape index (κ3) is 2.01. The van der Waals surface area contributed by atoms with Gasteiger partial charge < -0.3 is 20.1 Å². The Morgan fingerprint density at radius 3 is 3.06 bits per heavy atom. The largest absolute Gasteiger partial charge is 0.505 e. The monoisotopic (exact) mass is 236 g/mol. The van der Waals surface area contributed by atoms with Crippen LogP contribution in [0.2, 0.25) is 0 Å². The number of aromatic nitrogens is 1. The zero-order valence-corrected chi connectivity index (χ0v) is 9.27. The first-order chi connectivity index (χ1) is 8.13. The molecule has 6 heteroatoms. The molecule has 0 spiro atoms. The van der Waals surface area contributed by atoms with Crippen LogP contribution < -0.4 is 5.73 Å². The maximum Gasteiger partial charge on any atom is 0.312 e. The molecule has 0 fully saturated rings. The number of nitrogens with two attached hydrogens (primary N) is 1. The van der Waals surface area contributed by atoms with E-state index in [9.17, 15) is 9.90 Å². The number of hydrogen-bond donors (Lipinski definition) is 2. The van der Waals surface area contributed by atoms with Crippen LogP contribution in [0.25, 0.3) is 11.0 Å². The Morgan fingerprint density at radius 1 is 1.59 bits per heavy atom. The molecule has 0 radical (unpaired) electrons. The number of aromatic hydroxyl groups is 1. The first-order valence-corrected chi connectivity index (χ1v) is 5.14. The van der Waals surface area contributed by atoms with E-state index in [1.165, 1.54) is 6.07 Å². The molecule has 0 bridgehead atoms. The molecule has 1 aromatic carbocycles. The summed E-state index contributed by atoms with van der Waals surface area (Å²) in [4.78, 5) is 11.3. The molecule has 0 aliphatic rings. The Kier molecular flexibility index (Phi) is 2.86. The van der Waals surface area contributed by atoms with Crippen LogP contribution in [0.15, 0.2) is 16.7 Å². The maximum absolute atomic E-state index is 11.3. The number of carbonyl (C=O) groups is 1. The first-order valence-electron chi connectivity index (χ1n) is 5.14. The van der Waals surface area contributed by atoms with E-state index in [1.807, 2.05) is 0 Å². The number of nitrogens with zero attached hydrogens (tertiary/aromatic N) is 1. The lowest BCUT2D eigenvalue weighted by atomic mass is 10.1. The van der Waals surface area contributed by atoms with Gasteiger partial charge in [-0.05, 0) is 19.1 Å². The number of esters is 1. The van der Waals surface area contributed by atoms with E-state index in [2.05, 4.69) is 5.16 Å². The van der Waals surface area contributed by atoms with Crippen molar-refractivity contribution in [3.05, 3.63) is 17.8 Å². The molecule has 17 heavy (non-hydrogen) atoms. The van der Waals surface area contributed by atoms with Gasteiger partial charge in [-0.2, -0.15) is 0 Å². The third-order valence-electron chi connectivity index (χ3n) is 2.33. The number of anilines is 1. The van der Waals surface area contributed by atoms with Gasteiger partial charge in [0.2, 0.25) is 0 Å². The van der Waals surface area contributed by atoms with Gasteiger partial charge in [0.25, 0.3) is 0 Å². The van der Waals surface area contributed by atoms with E-state index in [0.29, 0.717) is 23.3 Å². The van der Waals surface area contributed by atoms with Gasteiger partial charge in [0.15, 0.2) is 11.3 Å². The normalized spacial score (nSPS) is 10.6. The highest BCUT2D eigenvalue weighted by atomic mass is 16.5. The van der Waals surface area contributed by atoms with Crippen LogP contribution in [0.1, 0.15) is 12.6 Å². The molecule has 1 aromatic heterocycles. The van der Waals surface area contributed by atoms with Crippen LogP contribution in [-0.2, 0) is 16.0 Å². The molecule has 0 unspecified atom stereocenters. The molecule has 90 valence electrons. The van der Waals surface area contributed by atoms with Gasteiger partial charge in [-0.1, -0.05) is 5.16 Å². The summed E-state index contributed by atoms with van der Waals surface area (Å²) in [6, 6.07) is 3.10. The lowest BCUT2D eigenvalue weighted by Gasteiger charge is -2.01. The summed E-state index contributed by atoms with van der Waals surface area (Å²) in [7, 11) is 0. The Bertz CT molecular complexity index is 562. The minimum Gasteiger partial charge on any atom is -0.505 e. The van der Waals surface area contributed by atoms with E-state index >= 15 is 0 Å². The minimum absolute atomic E-state index is 0.0577. The molecule has 2 rings (SSSR count). The van der Waals surface area contributed by atoms with Gasteiger partial charge in [-0.15, -0.1) is 0 Å². The summed E-state index contributed by atoms with van der Waals surface area (Å²) in [5, 5.41) is 13.9. The quantitative estimate of drug-likeness (QED) is 0.472. The first kappa shape index (κ1) is 11.3. The van der Waals surface area contributed by atoms with Crippen molar-refractivity contribution < 1.29 is 19.2 Å². The van der Waals surface area contributed by atoms with Crippen LogP contribution >= 0.6 is 0 Å². The zero-order valence-electron chi connectivity index (χ0n) is 9.27. The van der Waals surface area contributed by atoms with Crippen molar-refractivity contribution in [2.24, 2.45) is 0 Å². The average Bonchev–Trinajstić information content (AvgIpc) is 2.68. The van der Waals surface area contributed by atoms with Crippen LogP contribution in [0, 0.1) is 0 Å². The summed E-state index contributed by atoms with van der Waals surface area (Å²) in [5.41, 5.74) is 6.49. The number of ether oxygens (including phenoxy) is 1. The van der Waals surface area contributed by atoms with Crippen molar-refractivity contribution in [2.45, 2.75) is 13.3 Å². The van der Waals surface area contributed by atoms with E-state index in [1.54, 1.807) is 13.0 Å². The summed E-state index contributed by atoms with van der Waals surface area (Å²) >= 11 is 0. The van der Waals surface area contributed by atoms with Crippen LogP contribution in [-0.4, -0.2) is 22.8 Å². The molecule has 0 aliphatic heterocycles. The SMILES string of the molecule is CCOC(=O)Cc1noc2ccc(N)c(O)c12. The second kappa shape index (κ2) is 4.32. The van der Waals surface area contributed by atoms with Crippen molar-refractivity contribution in [1.29, 1.82) is 0 Å². The molecule has 0 aliphatic carbocycles. The topological polar surface area (TPSA) is 98.6 Å². The van der Waals surface area contributed by atoms with Crippen molar-refractivity contribution in [2.75, 3.05) is 12.3 Å². The van der Waals surface area contributed by atoms with Crippen molar-refractivity contribution >= 4 is 22.6 Å². The second-order valence-corrected chi connectivity index (χ2v) is 3.49. The summed E-state index contributed by atoms with van der Waals surface area (Å²) < 4.78 is 9.79. The number of carbonyl (C=O) groups excluding carboxylic acids is 1. The highest BCUT2D eigenvalue weighted by Crippen LogP contribution is 2.33. The number of phenolic OH excluding ortho intramolecular Hbond substituents is 1. The Balaban J connectivity index is 2.41. The van der Waals surface area contributed by atoms with Gasteiger partial charge in [0.1, 0.15) is 5.69 Å². The third-order valence-corrected chi connectivity index (χ3v) is 2.33. The Labute approximate surface area is 96.9 Å². The fourth-order valence-corrected chi connectivity index (χ4v) is 1.56. The van der Waals surface area contributed by atoms with Crippen molar-refractivity contribution in [3.8, 4) is 5.75 Å². The van der Waals surface area contributed by atoms with Crippen LogP contribution in [0.4, 0.5) is 5.69 Å². The van der Waals surface area contributed by atoms with Gasteiger partial charge in [-0.25, -0.2) is 0 Å². The van der Waals surface area contributed by atoms with E-state index in [0.717, 1.165) is 0 Å². The molecular formula is C11H12N2O4. The zero-order chi connectivity index (χ0) is 12.4. The molecule has 0 atom stereocenters. The van der Waals surface area contributed by atoms with Gasteiger partial charge in [0.05, 0.1) is 24.1 Å². The second-order valence-electron chi connectivity index (χ2n) is 3.49. The molecular weight excluding hydrogens is 224 g/mol. The smallest absolute Gasteiger partial charge is 0.312 e. The van der Waals surface area contributed by atoms with Crippen LogP contribution in [0.3, 0.4) is 0 Å². The Hall–Kier alpha value is -2.24. The predicted octanol–water partition coefficient (Wildman–Crippen LogP) is 1.22. The highest BCUT2D eigenvalue weighted by molar-refractivity contribution is 5.92. The maximum atomic E-state index is 11.3. The lowest BCUT2D eigenvalue weighted by Crippen LogP contribution is -2.07. The number of benzene rings is 1. The number of nitrogen functional groups attached to an aromatic ring is 1. The molecule has 3 N–H and O–H groups in total.